The Hall–Kier alpha value is -1.63. The van der Waals surface area contributed by atoms with E-state index >= 15 is 0 Å². The minimum Gasteiger partial charge on any atom is -0.389 e. The number of amides is 1. The average molecular weight is 290 g/mol. The van der Waals surface area contributed by atoms with Crippen molar-refractivity contribution < 1.29 is 18.0 Å². The third-order valence-electron chi connectivity index (χ3n) is 2.43. The van der Waals surface area contributed by atoms with Crippen molar-refractivity contribution >= 4 is 28.8 Å². The van der Waals surface area contributed by atoms with Crippen molar-refractivity contribution in [3.05, 3.63) is 29.3 Å². The first-order valence-electron chi connectivity index (χ1n) is 5.46. The number of halogens is 3. The number of hydrogen-bond acceptors (Lipinski definition) is 2. The highest BCUT2D eigenvalue weighted by Gasteiger charge is 2.28. The highest BCUT2D eigenvalue weighted by molar-refractivity contribution is 7.80. The number of nitrogens with two attached hydrogens (primary N) is 1. The van der Waals surface area contributed by atoms with E-state index in [1.54, 1.807) is 25.1 Å². The van der Waals surface area contributed by atoms with Crippen LogP contribution in [0.3, 0.4) is 0 Å². The van der Waals surface area contributed by atoms with Crippen LogP contribution in [-0.4, -0.2) is 17.1 Å². The summed E-state index contributed by atoms with van der Waals surface area (Å²) in [7, 11) is 0. The van der Waals surface area contributed by atoms with Crippen LogP contribution < -0.4 is 11.1 Å². The maximum atomic E-state index is 12.0. The minimum absolute atomic E-state index is 0.0872. The Kier molecular flexibility index (Phi) is 4.88. The van der Waals surface area contributed by atoms with E-state index in [0.717, 1.165) is 5.56 Å². The standard InChI is InChI=1S/C12H13F3N2OS/c1-7-3-2-4-8(10(7)11(16)19)17-9(18)5-6-12(13,14)15/h2-4H,5-6H2,1H3,(H2,16,19)(H,17,18). The number of aryl methyl sites for hydroxylation is 1. The molecule has 0 radical (unpaired) electrons. The summed E-state index contributed by atoms with van der Waals surface area (Å²) in [6.07, 6.45) is -6.14. The van der Waals surface area contributed by atoms with E-state index in [-0.39, 0.29) is 4.99 Å². The maximum Gasteiger partial charge on any atom is 0.389 e. The lowest BCUT2D eigenvalue weighted by Gasteiger charge is -2.13. The molecule has 1 amide bonds. The molecule has 3 N–H and O–H groups in total. The van der Waals surface area contributed by atoms with Gasteiger partial charge in [-0.15, -0.1) is 0 Å². The third kappa shape index (κ3) is 4.86. The molecule has 1 rings (SSSR count). The monoisotopic (exact) mass is 290 g/mol. The predicted molar refractivity (Wildman–Crippen MR) is 71.0 cm³/mol. The smallest absolute Gasteiger partial charge is 0.389 e. The van der Waals surface area contributed by atoms with Crippen molar-refractivity contribution in [2.75, 3.05) is 5.32 Å². The molecule has 0 saturated heterocycles. The fourth-order valence-electron chi connectivity index (χ4n) is 1.57. The largest absolute Gasteiger partial charge is 0.389 e. The van der Waals surface area contributed by atoms with E-state index < -0.39 is 24.9 Å². The number of thiocarbonyl (C=S) groups is 1. The van der Waals surface area contributed by atoms with E-state index in [4.69, 9.17) is 18.0 Å². The van der Waals surface area contributed by atoms with E-state index in [0.29, 0.717) is 11.3 Å². The number of carbonyl (C=O) groups excluding carboxylic acids is 1. The lowest BCUT2D eigenvalue weighted by atomic mass is 10.1. The van der Waals surface area contributed by atoms with Crippen molar-refractivity contribution in [2.24, 2.45) is 5.73 Å². The van der Waals surface area contributed by atoms with Gasteiger partial charge in [-0.2, -0.15) is 13.2 Å². The highest BCUT2D eigenvalue weighted by Crippen LogP contribution is 2.23. The molecule has 0 aromatic heterocycles. The predicted octanol–water partition coefficient (Wildman–Crippen LogP) is 2.91. The van der Waals surface area contributed by atoms with Crippen LogP contribution >= 0.6 is 12.2 Å². The molecule has 0 heterocycles. The number of alkyl halides is 3. The van der Waals surface area contributed by atoms with Gasteiger partial charge in [0.1, 0.15) is 4.99 Å². The van der Waals surface area contributed by atoms with Crippen LogP contribution in [0.1, 0.15) is 24.0 Å². The van der Waals surface area contributed by atoms with Crippen molar-refractivity contribution in [2.45, 2.75) is 25.9 Å². The van der Waals surface area contributed by atoms with Gasteiger partial charge in [0.2, 0.25) is 5.91 Å². The van der Waals surface area contributed by atoms with Crippen molar-refractivity contribution in [1.29, 1.82) is 0 Å². The van der Waals surface area contributed by atoms with Crippen LogP contribution in [0.25, 0.3) is 0 Å². The molecule has 0 fully saturated rings. The number of anilines is 1. The van der Waals surface area contributed by atoms with E-state index in [2.05, 4.69) is 5.32 Å². The first kappa shape index (κ1) is 15.4. The van der Waals surface area contributed by atoms with Crippen molar-refractivity contribution in [3.63, 3.8) is 0 Å². The van der Waals surface area contributed by atoms with Gasteiger partial charge in [0.15, 0.2) is 0 Å². The molecule has 0 bridgehead atoms. The van der Waals surface area contributed by atoms with Gasteiger partial charge in [0.25, 0.3) is 0 Å². The molecule has 3 nitrogen and oxygen atoms in total. The van der Waals surface area contributed by atoms with Gasteiger partial charge in [-0.25, -0.2) is 0 Å². The molecule has 0 aliphatic heterocycles. The first-order chi connectivity index (χ1) is 8.70. The number of nitrogens with one attached hydrogen (secondary N) is 1. The van der Waals surface area contributed by atoms with Crippen LogP contribution in [0, 0.1) is 6.92 Å². The van der Waals surface area contributed by atoms with E-state index in [9.17, 15) is 18.0 Å². The Morgan fingerprint density at radius 2 is 2.05 bits per heavy atom. The van der Waals surface area contributed by atoms with Gasteiger partial charge in [-0.3, -0.25) is 4.79 Å². The molecule has 0 spiro atoms. The minimum atomic E-state index is -4.35. The second-order valence-corrected chi connectivity index (χ2v) is 4.46. The second-order valence-electron chi connectivity index (χ2n) is 4.03. The summed E-state index contributed by atoms with van der Waals surface area (Å²) < 4.78 is 36.0. The van der Waals surface area contributed by atoms with Gasteiger partial charge < -0.3 is 11.1 Å². The van der Waals surface area contributed by atoms with Crippen LogP contribution in [0.4, 0.5) is 18.9 Å². The molecule has 1 aromatic carbocycles. The SMILES string of the molecule is Cc1cccc(NC(=O)CCC(F)(F)F)c1C(N)=S. The number of rotatable bonds is 4. The summed E-state index contributed by atoms with van der Waals surface area (Å²) >= 11 is 4.86. The first-order valence-corrected chi connectivity index (χ1v) is 5.87. The Morgan fingerprint density at radius 3 is 2.58 bits per heavy atom. The number of hydrogen-bond donors (Lipinski definition) is 2. The average Bonchev–Trinajstić information content (AvgIpc) is 2.25. The molecule has 1 aromatic rings. The molecule has 0 aliphatic rings. The van der Waals surface area contributed by atoms with Crippen LogP contribution in [0.15, 0.2) is 18.2 Å². The Labute approximate surface area is 114 Å². The molecule has 0 atom stereocenters. The Morgan fingerprint density at radius 1 is 1.42 bits per heavy atom. The molecular formula is C12H13F3N2OS. The van der Waals surface area contributed by atoms with E-state index in [1.807, 2.05) is 0 Å². The summed E-state index contributed by atoms with van der Waals surface area (Å²) in [4.78, 5) is 11.5. The summed E-state index contributed by atoms with van der Waals surface area (Å²) in [6.45, 7) is 1.75. The summed E-state index contributed by atoms with van der Waals surface area (Å²) in [5.41, 5.74) is 7.09. The van der Waals surface area contributed by atoms with Gasteiger partial charge in [0.05, 0.1) is 12.1 Å². The lowest BCUT2D eigenvalue weighted by Crippen LogP contribution is -2.20. The molecule has 0 saturated carbocycles. The van der Waals surface area contributed by atoms with Crippen LogP contribution in [-0.2, 0) is 4.79 Å². The fraction of sp³-hybridized carbons (Fsp3) is 0.333. The van der Waals surface area contributed by atoms with Gasteiger partial charge in [0, 0.05) is 12.0 Å². The van der Waals surface area contributed by atoms with Crippen molar-refractivity contribution in [3.8, 4) is 0 Å². The summed E-state index contributed by atoms with van der Waals surface area (Å²) in [6, 6.07) is 4.96. The molecule has 0 unspecified atom stereocenters. The van der Waals surface area contributed by atoms with Gasteiger partial charge >= 0.3 is 6.18 Å². The zero-order chi connectivity index (χ0) is 14.6. The number of carbonyl (C=O) groups is 1. The fourth-order valence-corrected chi connectivity index (χ4v) is 1.84. The molecular weight excluding hydrogens is 277 g/mol. The van der Waals surface area contributed by atoms with Crippen LogP contribution in [0.5, 0.6) is 0 Å². The zero-order valence-electron chi connectivity index (χ0n) is 10.2. The summed E-state index contributed by atoms with van der Waals surface area (Å²) in [5.74, 6) is -0.722. The lowest BCUT2D eigenvalue weighted by molar-refractivity contribution is -0.142. The topological polar surface area (TPSA) is 55.1 Å². The van der Waals surface area contributed by atoms with E-state index in [1.165, 1.54) is 0 Å². The molecule has 0 aliphatic carbocycles. The quantitative estimate of drug-likeness (QED) is 0.838. The number of benzene rings is 1. The summed E-state index contributed by atoms with van der Waals surface area (Å²) in [5, 5.41) is 2.40. The molecule has 104 valence electrons. The zero-order valence-corrected chi connectivity index (χ0v) is 11.0. The Balaban J connectivity index is 2.80. The van der Waals surface area contributed by atoms with Crippen molar-refractivity contribution in [1.82, 2.24) is 0 Å². The Bertz CT molecular complexity index is 500. The van der Waals surface area contributed by atoms with Gasteiger partial charge in [-0.05, 0) is 18.6 Å². The molecule has 19 heavy (non-hydrogen) atoms. The van der Waals surface area contributed by atoms with Gasteiger partial charge in [-0.1, -0.05) is 24.4 Å². The maximum absolute atomic E-state index is 12.0. The highest BCUT2D eigenvalue weighted by atomic mass is 32.1. The van der Waals surface area contributed by atoms with Crippen LogP contribution in [0.2, 0.25) is 0 Å². The molecule has 7 heteroatoms. The normalized spacial score (nSPS) is 11.2. The third-order valence-corrected chi connectivity index (χ3v) is 2.63. The second kappa shape index (κ2) is 6.01.